The van der Waals surface area contributed by atoms with Gasteiger partial charge in [0.25, 0.3) is 5.91 Å². The average Bonchev–Trinajstić information content (AvgIpc) is 2.78. The van der Waals surface area contributed by atoms with Crippen molar-refractivity contribution in [2.45, 2.75) is 31.9 Å². The smallest absolute Gasteiger partial charge is 0.321 e. The SMILES string of the molecule is CC(NC(=O)C(C)(F)F)[C@H](Oc1ccc(Nc2ccc(F)cc2)c(C=N)c1)c1cc(F)cc(Cl)c1. The molecule has 0 fully saturated rings. The van der Waals surface area contributed by atoms with Crippen molar-refractivity contribution in [3.05, 3.63) is 88.4 Å². The topological polar surface area (TPSA) is 74.2 Å². The maximum Gasteiger partial charge on any atom is 0.321 e. The third-order valence-corrected chi connectivity index (χ3v) is 5.21. The van der Waals surface area contributed by atoms with E-state index in [0.29, 0.717) is 23.9 Å². The van der Waals surface area contributed by atoms with Gasteiger partial charge < -0.3 is 20.8 Å². The zero-order valence-corrected chi connectivity index (χ0v) is 19.5. The highest BCUT2D eigenvalue weighted by molar-refractivity contribution is 6.30. The number of anilines is 2. The molecule has 0 aliphatic carbocycles. The zero-order valence-electron chi connectivity index (χ0n) is 18.7. The van der Waals surface area contributed by atoms with Crippen LogP contribution in [0.3, 0.4) is 0 Å². The molecule has 0 radical (unpaired) electrons. The lowest BCUT2D eigenvalue weighted by Gasteiger charge is -2.28. The number of hydrogen-bond donors (Lipinski definition) is 3. The van der Waals surface area contributed by atoms with Gasteiger partial charge in [0, 0.05) is 35.1 Å². The number of benzene rings is 3. The number of amides is 1. The quantitative estimate of drug-likeness (QED) is 0.224. The van der Waals surface area contributed by atoms with Crippen LogP contribution in [0.15, 0.2) is 60.7 Å². The Morgan fingerprint density at radius 3 is 2.34 bits per heavy atom. The van der Waals surface area contributed by atoms with Crippen LogP contribution in [0.25, 0.3) is 0 Å². The Hall–Kier alpha value is -3.59. The molecule has 184 valence electrons. The van der Waals surface area contributed by atoms with Crippen LogP contribution in [-0.2, 0) is 4.79 Å². The second kappa shape index (κ2) is 10.8. The summed E-state index contributed by atoms with van der Waals surface area (Å²) in [6.45, 7) is 1.91. The summed E-state index contributed by atoms with van der Waals surface area (Å²) >= 11 is 5.97. The number of ether oxygens (including phenoxy) is 1. The minimum absolute atomic E-state index is 0.0620. The van der Waals surface area contributed by atoms with E-state index in [2.05, 4.69) is 10.6 Å². The van der Waals surface area contributed by atoms with Gasteiger partial charge in [-0.2, -0.15) is 8.78 Å². The Morgan fingerprint density at radius 2 is 1.74 bits per heavy atom. The van der Waals surface area contributed by atoms with Crippen molar-refractivity contribution in [3.8, 4) is 5.75 Å². The van der Waals surface area contributed by atoms with E-state index >= 15 is 0 Å². The van der Waals surface area contributed by atoms with Crippen LogP contribution in [0.5, 0.6) is 5.75 Å². The molecule has 0 heterocycles. The molecule has 5 nitrogen and oxygen atoms in total. The summed E-state index contributed by atoms with van der Waals surface area (Å²) in [5.74, 6) is -5.97. The second-order valence-corrected chi connectivity index (χ2v) is 8.35. The summed E-state index contributed by atoms with van der Waals surface area (Å²) < 4.78 is 60.1. The van der Waals surface area contributed by atoms with Gasteiger partial charge in [0.1, 0.15) is 23.5 Å². The molecule has 3 aromatic rings. The standard InChI is InChI=1S/C25H22ClF4N3O2/c1-14(32-24(34)25(2,29)30)23(15-9-17(26)12-19(28)10-15)35-21-7-8-22(16(11-21)13-31)33-20-5-3-18(27)4-6-20/h3-14,23,31,33H,1-2H3,(H,32,34)/t14?,23-/m0/s1. The average molecular weight is 508 g/mol. The van der Waals surface area contributed by atoms with Crippen molar-refractivity contribution in [2.24, 2.45) is 0 Å². The van der Waals surface area contributed by atoms with E-state index < -0.39 is 35.6 Å². The van der Waals surface area contributed by atoms with Crippen molar-refractivity contribution < 1.29 is 27.1 Å². The van der Waals surface area contributed by atoms with Crippen molar-refractivity contribution >= 4 is 35.1 Å². The molecule has 0 bridgehead atoms. The van der Waals surface area contributed by atoms with Gasteiger partial charge >= 0.3 is 5.92 Å². The van der Waals surface area contributed by atoms with Crippen LogP contribution in [0.1, 0.15) is 31.1 Å². The fraction of sp³-hybridized carbons (Fsp3) is 0.200. The number of rotatable bonds is 9. The molecule has 0 saturated heterocycles. The van der Waals surface area contributed by atoms with Crippen LogP contribution < -0.4 is 15.4 Å². The van der Waals surface area contributed by atoms with E-state index in [4.69, 9.17) is 21.7 Å². The zero-order chi connectivity index (χ0) is 25.8. The van der Waals surface area contributed by atoms with E-state index in [1.807, 2.05) is 0 Å². The van der Waals surface area contributed by atoms with Crippen molar-refractivity contribution in [1.82, 2.24) is 5.32 Å². The molecular formula is C25H22ClF4N3O2. The third-order valence-electron chi connectivity index (χ3n) is 4.99. The minimum Gasteiger partial charge on any atom is -0.484 e. The monoisotopic (exact) mass is 507 g/mol. The molecule has 0 aliphatic heterocycles. The van der Waals surface area contributed by atoms with Crippen molar-refractivity contribution in [1.29, 1.82) is 5.41 Å². The lowest BCUT2D eigenvalue weighted by Crippen LogP contribution is -2.46. The van der Waals surface area contributed by atoms with Gasteiger partial charge in [-0.15, -0.1) is 0 Å². The lowest BCUT2D eigenvalue weighted by molar-refractivity contribution is -0.144. The first-order chi connectivity index (χ1) is 16.5. The first-order valence-electron chi connectivity index (χ1n) is 10.4. The minimum atomic E-state index is -3.63. The number of carbonyl (C=O) groups is 1. The fourth-order valence-corrected chi connectivity index (χ4v) is 3.52. The van der Waals surface area contributed by atoms with Crippen LogP contribution >= 0.6 is 11.6 Å². The Labute approximate surface area is 204 Å². The van der Waals surface area contributed by atoms with Crippen LogP contribution in [0, 0.1) is 17.0 Å². The van der Waals surface area contributed by atoms with E-state index in [1.165, 1.54) is 43.3 Å². The van der Waals surface area contributed by atoms with Gasteiger partial charge in [-0.25, -0.2) is 8.78 Å². The van der Waals surface area contributed by atoms with Crippen LogP contribution in [0.2, 0.25) is 5.02 Å². The molecule has 1 amide bonds. The second-order valence-electron chi connectivity index (χ2n) is 7.92. The number of nitrogens with one attached hydrogen (secondary N) is 3. The summed E-state index contributed by atoms with van der Waals surface area (Å²) in [5, 5.41) is 13.1. The number of hydrogen-bond acceptors (Lipinski definition) is 4. The van der Waals surface area contributed by atoms with Crippen molar-refractivity contribution in [2.75, 3.05) is 5.32 Å². The van der Waals surface area contributed by atoms with Crippen LogP contribution in [0.4, 0.5) is 28.9 Å². The van der Waals surface area contributed by atoms with Gasteiger partial charge in [-0.1, -0.05) is 11.6 Å². The Kier molecular flexibility index (Phi) is 8.01. The van der Waals surface area contributed by atoms with E-state index in [9.17, 15) is 22.4 Å². The fourth-order valence-electron chi connectivity index (χ4n) is 3.29. The van der Waals surface area contributed by atoms with E-state index in [1.54, 1.807) is 12.1 Å². The largest absolute Gasteiger partial charge is 0.484 e. The molecule has 0 aromatic heterocycles. The van der Waals surface area contributed by atoms with Crippen molar-refractivity contribution in [3.63, 3.8) is 0 Å². The number of halogens is 5. The number of carbonyl (C=O) groups excluding carboxylic acids is 1. The molecule has 0 aliphatic rings. The van der Waals surface area contributed by atoms with Gasteiger partial charge in [0.2, 0.25) is 0 Å². The van der Waals surface area contributed by atoms with Gasteiger partial charge in [-0.05, 0) is 73.2 Å². The molecule has 1 unspecified atom stereocenters. The van der Waals surface area contributed by atoms with Crippen LogP contribution in [-0.4, -0.2) is 24.1 Å². The number of alkyl halides is 2. The predicted molar refractivity (Wildman–Crippen MR) is 127 cm³/mol. The summed E-state index contributed by atoms with van der Waals surface area (Å²) in [4.78, 5) is 11.9. The summed E-state index contributed by atoms with van der Waals surface area (Å²) in [7, 11) is 0. The highest BCUT2D eigenvalue weighted by Gasteiger charge is 2.35. The maximum atomic E-state index is 14.0. The molecule has 0 spiro atoms. The highest BCUT2D eigenvalue weighted by atomic mass is 35.5. The first-order valence-corrected chi connectivity index (χ1v) is 10.8. The normalized spacial score (nSPS) is 13.0. The molecule has 3 aromatic carbocycles. The molecule has 0 saturated carbocycles. The maximum absolute atomic E-state index is 14.0. The Bertz CT molecular complexity index is 1200. The highest BCUT2D eigenvalue weighted by Crippen LogP contribution is 2.31. The molecule has 3 N–H and O–H groups in total. The molecule has 2 atom stereocenters. The van der Waals surface area contributed by atoms with Gasteiger partial charge in [-0.3, -0.25) is 4.79 Å². The third kappa shape index (κ3) is 6.95. The Morgan fingerprint density at radius 1 is 1.06 bits per heavy atom. The summed E-state index contributed by atoms with van der Waals surface area (Å²) in [6, 6.07) is 12.9. The lowest BCUT2D eigenvalue weighted by atomic mass is 10.0. The molecule has 10 heteroatoms. The van der Waals surface area contributed by atoms with E-state index in [-0.39, 0.29) is 16.3 Å². The van der Waals surface area contributed by atoms with Gasteiger partial charge in [0.15, 0.2) is 0 Å². The first kappa shape index (κ1) is 26.0. The molecule has 35 heavy (non-hydrogen) atoms. The Balaban J connectivity index is 1.91. The van der Waals surface area contributed by atoms with Gasteiger partial charge in [0.05, 0.1) is 6.04 Å². The molecule has 3 rings (SSSR count). The predicted octanol–water partition coefficient (Wildman–Crippen LogP) is 6.64. The summed E-state index contributed by atoms with van der Waals surface area (Å²) in [5.41, 5.74) is 1.73. The molecular weight excluding hydrogens is 486 g/mol. The summed E-state index contributed by atoms with van der Waals surface area (Å²) in [6.07, 6.45) is -0.0284. The van der Waals surface area contributed by atoms with E-state index in [0.717, 1.165) is 18.3 Å².